The lowest BCUT2D eigenvalue weighted by molar-refractivity contribution is -0.155. The molecular weight excluding hydrogens is 254 g/mol. The molecule has 0 bridgehead atoms. The number of hydrogen-bond donors (Lipinski definition) is 0. The monoisotopic (exact) mass is 275 g/mol. The van der Waals surface area contributed by atoms with Gasteiger partial charge in [-0.3, -0.25) is 4.79 Å². The number of nitriles is 1. The van der Waals surface area contributed by atoms with Crippen molar-refractivity contribution in [3.05, 3.63) is 28.8 Å². The minimum absolute atomic E-state index is 0.205. The molecular formula is C16H21NO3. The predicted octanol–water partition coefficient (Wildman–Crippen LogP) is 3.29. The summed E-state index contributed by atoms with van der Waals surface area (Å²) in [6, 6.07) is 5.65. The number of hydrogen-bond acceptors (Lipinski definition) is 4. The number of carbonyl (C=O) groups excluding carboxylic acids is 1. The zero-order valence-corrected chi connectivity index (χ0v) is 12.7. The zero-order valence-electron chi connectivity index (χ0n) is 12.7. The van der Waals surface area contributed by atoms with E-state index in [-0.39, 0.29) is 19.0 Å². The first-order chi connectivity index (χ1) is 9.23. The van der Waals surface area contributed by atoms with Crippen LogP contribution >= 0.6 is 0 Å². The molecule has 0 saturated heterocycles. The van der Waals surface area contributed by atoms with E-state index in [0.717, 1.165) is 16.9 Å². The van der Waals surface area contributed by atoms with Gasteiger partial charge in [0.25, 0.3) is 0 Å². The van der Waals surface area contributed by atoms with Gasteiger partial charge < -0.3 is 9.47 Å². The topological polar surface area (TPSA) is 59.3 Å². The molecule has 0 aromatic heterocycles. The first kappa shape index (κ1) is 16.0. The summed E-state index contributed by atoms with van der Waals surface area (Å²) in [4.78, 5) is 11.6. The first-order valence-electron chi connectivity index (χ1n) is 6.59. The maximum Gasteiger partial charge on any atom is 0.309 e. The molecule has 4 nitrogen and oxygen atoms in total. The van der Waals surface area contributed by atoms with Crippen LogP contribution in [0.3, 0.4) is 0 Å². The molecule has 0 radical (unpaired) electrons. The summed E-state index contributed by atoms with van der Waals surface area (Å²) < 4.78 is 10.9. The second-order valence-corrected chi connectivity index (χ2v) is 5.74. The summed E-state index contributed by atoms with van der Waals surface area (Å²) in [7, 11) is 0. The third kappa shape index (κ3) is 4.93. The third-order valence-electron chi connectivity index (χ3n) is 2.56. The number of carbonyl (C=O) groups is 1. The van der Waals surface area contributed by atoms with Gasteiger partial charge in [0, 0.05) is 0 Å². The quantitative estimate of drug-likeness (QED) is 0.791. The summed E-state index contributed by atoms with van der Waals surface area (Å²) in [5.74, 6) is 0.453. The van der Waals surface area contributed by atoms with Gasteiger partial charge in [0.15, 0.2) is 0 Å². The Morgan fingerprint density at radius 1 is 1.25 bits per heavy atom. The van der Waals surface area contributed by atoms with Crippen molar-refractivity contribution in [1.82, 2.24) is 0 Å². The normalized spacial score (nSPS) is 10.8. The summed E-state index contributed by atoms with van der Waals surface area (Å²) in [5.41, 5.74) is 1.92. The number of nitrogens with zero attached hydrogens (tertiary/aromatic N) is 1. The van der Waals surface area contributed by atoms with Crippen molar-refractivity contribution in [3.63, 3.8) is 0 Å². The summed E-state index contributed by atoms with van der Waals surface area (Å²) in [5, 5.41) is 8.88. The number of ether oxygens (including phenoxy) is 2. The molecule has 0 aliphatic carbocycles. The fraction of sp³-hybridized carbons (Fsp3) is 0.500. The Bertz CT molecular complexity index is 513. The van der Waals surface area contributed by atoms with Gasteiger partial charge in [-0.2, -0.15) is 5.26 Å². The Morgan fingerprint density at radius 3 is 2.25 bits per heavy atom. The molecule has 0 heterocycles. The van der Waals surface area contributed by atoms with Gasteiger partial charge in [-0.1, -0.05) is 0 Å². The van der Waals surface area contributed by atoms with Crippen molar-refractivity contribution in [3.8, 4) is 11.8 Å². The molecule has 0 aliphatic heterocycles. The minimum atomic E-state index is -0.475. The van der Waals surface area contributed by atoms with E-state index in [1.165, 1.54) is 0 Å². The van der Waals surface area contributed by atoms with E-state index in [1.54, 1.807) is 12.1 Å². The van der Waals surface area contributed by atoms with Crippen molar-refractivity contribution < 1.29 is 14.3 Å². The smallest absolute Gasteiger partial charge is 0.309 e. The molecule has 0 N–H and O–H groups in total. The van der Waals surface area contributed by atoms with Crippen molar-refractivity contribution in [1.29, 1.82) is 5.26 Å². The van der Waals surface area contributed by atoms with Gasteiger partial charge in [0.05, 0.1) is 24.7 Å². The Labute approximate surface area is 120 Å². The SMILES string of the molecule is Cc1cc(C#N)cc(C)c1OCCC(=O)OC(C)(C)C. The zero-order chi connectivity index (χ0) is 15.3. The van der Waals surface area contributed by atoms with Crippen molar-refractivity contribution in [2.45, 2.75) is 46.6 Å². The van der Waals surface area contributed by atoms with Crippen molar-refractivity contribution in [2.75, 3.05) is 6.61 Å². The number of esters is 1. The van der Waals surface area contributed by atoms with Crippen molar-refractivity contribution in [2.24, 2.45) is 0 Å². The van der Waals surface area contributed by atoms with Crippen LogP contribution in [-0.4, -0.2) is 18.2 Å². The van der Waals surface area contributed by atoms with E-state index in [2.05, 4.69) is 6.07 Å². The van der Waals surface area contributed by atoms with Crippen LogP contribution in [0.2, 0.25) is 0 Å². The third-order valence-corrected chi connectivity index (χ3v) is 2.56. The van der Waals surface area contributed by atoms with Crippen LogP contribution in [0.4, 0.5) is 0 Å². The second kappa shape index (κ2) is 6.42. The maximum absolute atomic E-state index is 11.6. The lowest BCUT2D eigenvalue weighted by Crippen LogP contribution is -2.24. The fourth-order valence-corrected chi connectivity index (χ4v) is 1.87. The number of benzene rings is 1. The molecule has 0 saturated carbocycles. The highest BCUT2D eigenvalue weighted by molar-refractivity contribution is 5.70. The minimum Gasteiger partial charge on any atom is -0.492 e. The predicted molar refractivity (Wildman–Crippen MR) is 76.6 cm³/mol. The molecule has 0 fully saturated rings. The molecule has 108 valence electrons. The maximum atomic E-state index is 11.6. The van der Waals surface area contributed by atoms with E-state index >= 15 is 0 Å². The van der Waals surface area contributed by atoms with Crippen LogP contribution < -0.4 is 4.74 Å². The van der Waals surface area contributed by atoms with E-state index < -0.39 is 5.60 Å². The number of rotatable bonds is 4. The Kier molecular flexibility index (Phi) is 5.15. The van der Waals surface area contributed by atoms with Gasteiger partial charge in [-0.05, 0) is 57.9 Å². The highest BCUT2D eigenvalue weighted by Crippen LogP contribution is 2.24. The largest absolute Gasteiger partial charge is 0.492 e. The average Bonchev–Trinajstić information content (AvgIpc) is 2.30. The van der Waals surface area contributed by atoms with Crippen LogP contribution in [0, 0.1) is 25.2 Å². The molecule has 1 rings (SSSR count). The van der Waals surface area contributed by atoms with Crippen LogP contribution in [-0.2, 0) is 9.53 Å². The van der Waals surface area contributed by atoms with Gasteiger partial charge >= 0.3 is 5.97 Å². The summed E-state index contributed by atoms with van der Waals surface area (Å²) in [6.45, 7) is 9.54. The van der Waals surface area contributed by atoms with Crippen molar-refractivity contribution >= 4 is 5.97 Å². The molecule has 0 spiro atoms. The van der Waals surface area contributed by atoms with Gasteiger partial charge in [-0.25, -0.2) is 0 Å². The molecule has 0 unspecified atom stereocenters. The van der Waals surface area contributed by atoms with Crippen LogP contribution in [0.1, 0.15) is 43.9 Å². The lowest BCUT2D eigenvalue weighted by atomic mass is 10.1. The molecule has 4 heteroatoms. The van der Waals surface area contributed by atoms with Gasteiger partial charge in [-0.15, -0.1) is 0 Å². The number of aryl methyl sites for hydroxylation is 2. The standard InChI is InChI=1S/C16H21NO3/c1-11-8-13(10-17)9-12(2)15(11)19-7-6-14(18)20-16(3,4)5/h8-9H,6-7H2,1-5H3. The van der Waals surface area contributed by atoms with Crippen LogP contribution in [0.5, 0.6) is 5.75 Å². The van der Waals surface area contributed by atoms with Gasteiger partial charge in [0.1, 0.15) is 11.4 Å². The Hall–Kier alpha value is -2.02. The molecule has 0 aliphatic rings. The summed E-state index contributed by atoms with van der Waals surface area (Å²) in [6.07, 6.45) is 0.205. The molecule has 20 heavy (non-hydrogen) atoms. The van der Waals surface area contributed by atoms with Crippen LogP contribution in [0.25, 0.3) is 0 Å². The first-order valence-corrected chi connectivity index (χ1v) is 6.59. The van der Waals surface area contributed by atoms with E-state index in [0.29, 0.717) is 5.56 Å². The van der Waals surface area contributed by atoms with E-state index in [9.17, 15) is 4.79 Å². The van der Waals surface area contributed by atoms with Crippen LogP contribution in [0.15, 0.2) is 12.1 Å². The highest BCUT2D eigenvalue weighted by Gasteiger charge is 2.16. The summed E-state index contributed by atoms with van der Waals surface area (Å²) >= 11 is 0. The molecule has 1 aromatic carbocycles. The Balaban J connectivity index is 2.59. The Morgan fingerprint density at radius 2 is 1.80 bits per heavy atom. The second-order valence-electron chi connectivity index (χ2n) is 5.74. The van der Waals surface area contributed by atoms with E-state index in [4.69, 9.17) is 14.7 Å². The fourth-order valence-electron chi connectivity index (χ4n) is 1.87. The van der Waals surface area contributed by atoms with Gasteiger partial charge in [0.2, 0.25) is 0 Å². The van der Waals surface area contributed by atoms with E-state index in [1.807, 2.05) is 34.6 Å². The molecule has 0 amide bonds. The lowest BCUT2D eigenvalue weighted by Gasteiger charge is -2.19. The molecule has 1 aromatic rings. The average molecular weight is 275 g/mol. The molecule has 0 atom stereocenters. The highest BCUT2D eigenvalue weighted by atomic mass is 16.6.